The van der Waals surface area contributed by atoms with E-state index in [9.17, 15) is 0 Å². The number of aromatic nitrogens is 3. The Morgan fingerprint density at radius 2 is 2.22 bits per heavy atom. The molecule has 3 rings (SSSR count). The van der Waals surface area contributed by atoms with Crippen molar-refractivity contribution >= 4 is 22.5 Å². The van der Waals surface area contributed by atoms with Gasteiger partial charge in [0.15, 0.2) is 5.82 Å². The second-order valence-corrected chi connectivity index (χ2v) is 4.49. The minimum absolute atomic E-state index is 0.566. The highest BCUT2D eigenvalue weighted by Crippen LogP contribution is 2.24. The van der Waals surface area contributed by atoms with E-state index in [4.69, 9.17) is 16.1 Å². The molecule has 18 heavy (non-hydrogen) atoms. The van der Waals surface area contributed by atoms with Gasteiger partial charge in [-0.25, -0.2) is 0 Å². The van der Waals surface area contributed by atoms with Gasteiger partial charge in [0.25, 0.3) is 0 Å². The molecule has 0 aliphatic rings. The van der Waals surface area contributed by atoms with Crippen LogP contribution in [0.4, 0.5) is 0 Å². The summed E-state index contributed by atoms with van der Waals surface area (Å²) >= 11 is 6.22. The third-order valence-corrected chi connectivity index (χ3v) is 3.17. The standard InChI is InChI=1S/C13H12ClN3O/c1-2-12-15-11(16-18-12)8-17-7-6-9-4-3-5-10(14)13(9)17/h3-7H,2,8H2,1H3. The molecule has 0 radical (unpaired) electrons. The molecule has 0 saturated heterocycles. The van der Waals surface area contributed by atoms with Crippen molar-refractivity contribution in [3.8, 4) is 0 Å². The molecule has 2 heterocycles. The maximum Gasteiger partial charge on any atom is 0.226 e. The summed E-state index contributed by atoms with van der Waals surface area (Å²) in [5.74, 6) is 1.33. The van der Waals surface area contributed by atoms with E-state index in [0.29, 0.717) is 18.3 Å². The number of aryl methyl sites for hydroxylation is 1. The van der Waals surface area contributed by atoms with Crippen LogP contribution in [0.1, 0.15) is 18.6 Å². The SMILES string of the molecule is CCc1nc(Cn2ccc3cccc(Cl)c32)no1. The van der Waals surface area contributed by atoms with Crippen LogP contribution in [0.25, 0.3) is 10.9 Å². The van der Waals surface area contributed by atoms with E-state index in [1.54, 1.807) is 0 Å². The topological polar surface area (TPSA) is 43.9 Å². The number of nitrogens with zero attached hydrogens (tertiary/aromatic N) is 3. The average Bonchev–Trinajstić information content (AvgIpc) is 2.98. The molecule has 92 valence electrons. The quantitative estimate of drug-likeness (QED) is 0.727. The zero-order chi connectivity index (χ0) is 12.5. The molecule has 1 aromatic carbocycles. The highest BCUT2D eigenvalue weighted by molar-refractivity contribution is 6.35. The van der Waals surface area contributed by atoms with Gasteiger partial charge < -0.3 is 9.09 Å². The van der Waals surface area contributed by atoms with Gasteiger partial charge in [-0.3, -0.25) is 0 Å². The fourth-order valence-electron chi connectivity index (χ4n) is 2.00. The van der Waals surface area contributed by atoms with Crippen molar-refractivity contribution in [2.24, 2.45) is 0 Å². The summed E-state index contributed by atoms with van der Waals surface area (Å²) in [4.78, 5) is 4.30. The molecule has 4 nitrogen and oxygen atoms in total. The lowest BCUT2D eigenvalue weighted by molar-refractivity contribution is 0.375. The lowest BCUT2D eigenvalue weighted by atomic mass is 10.2. The molecular formula is C13H12ClN3O. The molecule has 0 spiro atoms. The van der Waals surface area contributed by atoms with Gasteiger partial charge in [0, 0.05) is 18.0 Å². The first-order valence-corrected chi connectivity index (χ1v) is 6.20. The van der Waals surface area contributed by atoms with Crippen molar-refractivity contribution in [1.82, 2.24) is 14.7 Å². The maximum atomic E-state index is 6.22. The first-order valence-electron chi connectivity index (χ1n) is 5.82. The van der Waals surface area contributed by atoms with E-state index in [0.717, 1.165) is 22.3 Å². The van der Waals surface area contributed by atoms with Gasteiger partial charge >= 0.3 is 0 Å². The molecule has 0 N–H and O–H groups in total. The van der Waals surface area contributed by atoms with E-state index in [2.05, 4.69) is 10.1 Å². The predicted molar refractivity (Wildman–Crippen MR) is 69.7 cm³/mol. The number of para-hydroxylation sites is 1. The minimum atomic E-state index is 0.566. The lowest BCUT2D eigenvalue weighted by Crippen LogP contribution is -2.00. The summed E-state index contributed by atoms with van der Waals surface area (Å²) in [5.41, 5.74) is 1.00. The van der Waals surface area contributed by atoms with E-state index in [-0.39, 0.29) is 0 Å². The third kappa shape index (κ3) is 1.88. The summed E-state index contributed by atoms with van der Waals surface area (Å²) in [6.45, 7) is 2.55. The molecule has 0 amide bonds. The Bertz CT molecular complexity index is 686. The molecule has 3 aromatic rings. The van der Waals surface area contributed by atoms with Crippen LogP contribution in [0.2, 0.25) is 5.02 Å². The van der Waals surface area contributed by atoms with Gasteiger partial charge in [0.1, 0.15) is 0 Å². The highest BCUT2D eigenvalue weighted by atomic mass is 35.5. The van der Waals surface area contributed by atoms with Crippen LogP contribution in [0.3, 0.4) is 0 Å². The first-order chi connectivity index (χ1) is 8.78. The van der Waals surface area contributed by atoms with Gasteiger partial charge in [0.2, 0.25) is 5.89 Å². The minimum Gasteiger partial charge on any atom is -0.339 e. The first kappa shape index (κ1) is 11.3. The van der Waals surface area contributed by atoms with Gasteiger partial charge in [-0.15, -0.1) is 0 Å². The highest BCUT2D eigenvalue weighted by Gasteiger charge is 2.09. The van der Waals surface area contributed by atoms with Crippen LogP contribution in [-0.4, -0.2) is 14.7 Å². The molecule has 0 aliphatic carbocycles. The summed E-state index contributed by atoms with van der Waals surface area (Å²) in [5, 5.41) is 5.79. The van der Waals surface area contributed by atoms with E-state index < -0.39 is 0 Å². The second-order valence-electron chi connectivity index (χ2n) is 4.08. The Labute approximate surface area is 109 Å². The van der Waals surface area contributed by atoms with E-state index in [1.165, 1.54) is 0 Å². The average molecular weight is 262 g/mol. The van der Waals surface area contributed by atoms with E-state index >= 15 is 0 Å². The Kier molecular flexibility index (Phi) is 2.80. The second kappa shape index (κ2) is 4.46. The molecular weight excluding hydrogens is 250 g/mol. The predicted octanol–water partition coefficient (Wildman–Crippen LogP) is 3.29. The van der Waals surface area contributed by atoms with Crippen molar-refractivity contribution in [3.63, 3.8) is 0 Å². The van der Waals surface area contributed by atoms with Gasteiger partial charge in [-0.2, -0.15) is 4.98 Å². The van der Waals surface area contributed by atoms with Crippen LogP contribution in [0.5, 0.6) is 0 Å². The number of benzene rings is 1. The number of rotatable bonds is 3. The van der Waals surface area contributed by atoms with Crippen LogP contribution in [0.15, 0.2) is 35.0 Å². The van der Waals surface area contributed by atoms with Crippen LogP contribution < -0.4 is 0 Å². The summed E-state index contributed by atoms with van der Waals surface area (Å²) in [7, 11) is 0. The summed E-state index contributed by atoms with van der Waals surface area (Å²) < 4.78 is 7.13. The molecule has 0 saturated carbocycles. The van der Waals surface area contributed by atoms with E-state index in [1.807, 2.05) is 42.0 Å². The largest absolute Gasteiger partial charge is 0.339 e. The third-order valence-electron chi connectivity index (χ3n) is 2.86. The molecule has 2 aromatic heterocycles. The van der Waals surface area contributed by atoms with Crippen LogP contribution >= 0.6 is 11.6 Å². The molecule has 0 aliphatic heterocycles. The smallest absolute Gasteiger partial charge is 0.226 e. The molecule has 0 unspecified atom stereocenters. The van der Waals surface area contributed by atoms with Crippen molar-refractivity contribution in [2.75, 3.05) is 0 Å². The summed E-state index contributed by atoms with van der Waals surface area (Å²) in [6.07, 6.45) is 2.73. The fourth-order valence-corrected chi connectivity index (χ4v) is 2.29. The zero-order valence-corrected chi connectivity index (χ0v) is 10.7. The van der Waals surface area contributed by atoms with Gasteiger partial charge in [0.05, 0.1) is 17.1 Å². The van der Waals surface area contributed by atoms with Crippen LogP contribution in [-0.2, 0) is 13.0 Å². The summed E-state index contributed by atoms with van der Waals surface area (Å²) in [6, 6.07) is 7.89. The Balaban J connectivity index is 1.99. The lowest BCUT2D eigenvalue weighted by Gasteiger charge is -2.03. The Morgan fingerprint density at radius 1 is 1.33 bits per heavy atom. The number of fused-ring (bicyclic) bond motifs is 1. The normalized spacial score (nSPS) is 11.2. The molecule has 0 bridgehead atoms. The number of halogens is 1. The maximum absolute atomic E-state index is 6.22. The van der Waals surface area contributed by atoms with Crippen molar-refractivity contribution in [1.29, 1.82) is 0 Å². The van der Waals surface area contributed by atoms with Gasteiger partial charge in [-0.1, -0.05) is 35.8 Å². The zero-order valence-electron chi connectivity index (χ0n) is 9.93. The Hall–Kier alpha value is -1.81. The number of hydrogen-bond donors (Lipinski definition) is 0. The monoisotopic (exact) mass is 261 g/mol. The molecule has 5 heteroatoms. The molecule has 0 fully saturated rings. The Morgan fingerprint density at radius 3 is 3.00 bits per heavy atom. The van der Waals surface area contributed by atoms with Crippen molar-refractivity contribution in [3.05, 3.63) is 47.2 Å². The number of hydrogen-bond acceptors (Lipinski definition) is 3. The van der Waals surface area contributed by atoms with Crippen molar-refractivity contribution < 1.29 is 4.52 Å². The fraction of sp³-hybridized carbons (Fsp3) is 0.231. The van der Waals surface area contributed by atoms with Gasteiger partial charge in [-0.05, 0) is 12.1 Å². The van der Waals surface area contributed by atoms with Crippen molar-refractivity contribution in [2.45, 2.75) is 19.9 Å². The molecule has 0 atom stereocenters. The van der Waals surface area contributed by atoms with Crippen LogP contribution in [0, 0.1) is 0 Å².